The Morgan fingerprint density at radius 3 is 2.10 bits per heavy atom. The molecule has 4 aliphatic rings. The average Bonchev–Trinajstić information content (AvgIpc) is 3.13. The van der Waals surface area contributed by atoms with E-state index in [0.29, 0.717) is 40.7 Å². The molecule has 0 fully saturated rings. The summed E-state index contributed by atoms with van der Waals surface area (Å²) in [6, 6.07) is 9.82. The van der Waals surface area contributed by atoms with Gasteiger partial charge in [0.25, 0.3) is 0 Å². The van der Waals surface area contributed by atoms with Gasteiger partial charge in [-0.05, 0) is 136 Å². The number of phosphoric acid groups is 1. The molecule has 0 saturated carbocycles. The van der Waals surface area contributed by atoms with Gasteiger partial charge in [0.15, 0.2) is 0 Å². The standard InChI is InChI=1S/C38H39F6O4P/c1-21-11-23(17-29(13-21)37(39,40)41)15-27-19-25-7-3-5-9-31(25)33-34-32-10-6-4-8-26(32)20-28(36(34)48-49(45,46)47-35(27)33)16-24-12-22(2)14-30(18-24)38(42,43)44/h11-14,17-19,28,34,36H,3-10,15-16,20H2,1-2H3,(H,45,46)/t28?,34-,36-/m1/s1. The summed E-state index contributed by atoms with van der Waals surface area (Å²) in [7, 11) is -4.78. The van der Waals surface area contributed by atoms with E-state index in [0.717, 1.165) is 91.5 Å². The third-order valence-electron chi connectivity index (χ3n) is 10.6. The summed E-state index contributed by atoms with van der Waals surface area (Å²) < 4.78 is 109. The van der Waals surface area contributed by atoms with Gasteiger partial charge >= 0.3 is 20.2 Å². The zero-order valence-corrected chi connectivity index (χ0v) is 28.3. The molecule has 3 aromatic carbocycles. The maximum atomic E-state index is 13.9. The van der Waals surface area contributed by atoms with Crippen molar-refractivity contribution < 1.29 is 44.8 Å². The highest BCUT2D eigenvalue weighted by Gasteiger charge is 2.50. The molecule has 1 heterocycles. The van der Waals surface area contributed by atoms with E-state index in [-0.39, 0.29) is 18.6 Å². The van der Waals surface area contributed by atoms with Crippen molar-refractivity contribution in [2.75, 3.05) is 0 Å². The zero-order valence-electron chi connectivity index (χ0n) is 27.4. The Hall–Kier alpha value is -3.07. The van der Waals surface area contributed by atoms with E-state index in [2.05, 4.69) is 0 Å². The smallest absolute Gasteiger partial charge is 0.403 e. The number of allylic oxidation sites excluding steroid dienone is 1. The number of halogens is 6. The molecule has 262 valence electrons. The van der Waals surface area contributed by atoms with Crippen LogP contribution >= 0.6 is 7.82 Å². The van der Waals surface area contributed by atoms with E-state index in [1.54, 1.807) is 26.0 Å². The molecule has 0 saturated heterocycles. The van der Waals surface area contributed by atoms with E-state index in [9.17, 15) is 35.8 Å². The number of alkyl halides is 6. The van der Waals surface area contributed by atoms with Crippen LogP contribution < -0.4 is 4.52 Å². The summed E-state index contributed by atoms with van der Waals surface area (Å²) >= 11 is 0. The van der Waals surface area contributed by atoms with Crippen molar-refractivity contribution in [2.45, 2.75) is 109 Å². The lowest BCUT2D eigenvalue weighted by Gasteiger charge is -2.42. The minimum absolute atomic E-state index is 0.0522. The van der Waals surface area contributed by atoms with Gasteiger partial charge in [0.1, 0.15) is 5.75 Å². The van der Waals surface area contributed by atoms with Gasteiger partial charge in [0.05, 0.1) is 17.2 Å². The fraction of sp³-hybridized carbons (Fsp3) is 0.474. The molecule has 0 amide bonds. The van der Waals surface area contributed by atoms with Crippen LogP contribution in [0.25, 0.3) is 0 Å². The van der Waals surface area contributed by atoms with E-state index >= 15 is 0 Å². The molecule has 3 aromatic rings. The van der Waals surface area contributed by atoms with Crippen molar-refractivity contribution in [2.24, 2.45) is 5.92 Å². The predicted molar refractivity (Wildman–Crippen MR) is 174 cm³/mol. The monoisotopic (exact) mass is 704 g/mol. The van der Waals surface area contributed by atoms with Gasteiger partial charge in [-0.15, -0.1) is 0 Å². The van der Waals surface area contributed by atoms with Gasteiger partial charge in [0.2, 0.25) is 0 Å². The fourth-order valence-electron chi connectivity index (χ4n) is 8.81. The van der Waals surface area contributed by atoms with E-state index in [4.69, 9.17) is 9.05 Å². The lowest BCUT2D eigenvalue weighted by molar-refractivity contribution is -0.138. The second kappa shape index (κ2) is 12.6. The number of rotatable bonds is 4. The highest BCUT2D eigenvalue weighted by molar-refractivity contribution is 7.47. The quantitative estimate of drug-likeness (QED) is 0.167. The number of aryl methyl sites for hydroxylation is 3. The lowest BCUT2D eigenvalue weighted by Crippen LogP contribution is -2.37. The van der Waals surface area contributed by atoms with Crippen molar-refractivity contribution in [3.63, 3.8) is 0 Å². The third kappa shape index (κ3) is 6.98. The molecule has 11 heteroatoms. The Morgan fingerprint density at radius 2 is 1.41 bits per heavy atom. The lowest BCUT2D eigenvalue weighted by atomic mass is 9.64. The van der Waals surface area contributed by atoms with Crippen molar-refractivity contribution in [1.82, 2.24) is 0 Å². The van der Waals surface area contributed by atoms with Gasteiger partial charge < -0.3 is 4.52 Å². The van der Waals surface area contributed by atoms with Crippen LogP contribution in [-0.4, -0.2) is 11.0 Å². The summed E-state index contributed by atoms with van der Waals surface area (Å²) in [6.45, 7) is 3.23. The fourth-order valence-corrected chi connectivity index (χ4v) is 9.90. The molecule has 0 bridgehead atoms. The normalized spacial score (nSPS) is 25.4. The highest BCUT2D eigenvalue weighted by Crippen LogP contribution is 2.61. The first-order chi connectivity index (χ1) is 23.1. The maximum Gasteiger partial charge on any atom is 0.527 e. The van der Waals surface area contributed by atoms with Crippen molar-refractivity contribution in [1.29, 1.82) is 0 Å². The number of fused-ring (bicyclic) bond motifs is 6. The molecule has 3 aliphatic carbocycles. The third-order valence-corrected chi connectivity index (χ3v) is 11.5. The molecule has 2 unspecified atom stereocenters. The molecular weight excluding hydrogens is 665 g/mol. The second-order valence-corrected chi connectivity index (χ2v) is 15.7. The van der Waals surface area contributed by atoms with Crippen LogP contribution in [0.5, 0.6) is 5.75 Å². The minimum atomic E-state index is -4.78. The highest BCUT2D eigenvalue weighted by atomic mass is 31.2. The van der Waals surface area contributed by atoms with E-state index in [1.165, 1.54) is 5.57 Å². The Kier molecular flexibility index (Phi) is 8.85. The Balaban J connectivity index is 1.40. The zero-order chi connectivity index (χ0) is 34.9. The Bertz CT molecular complexity index is 1880. The van der Waals surface area contributed by atoms with Gasteiger partial charge in [-0.3, -0.25) is 9.42 Å². The molecule has 0 radical (unpaired) electrons. The number of phosphoric ester groups is 1. The molecule has 1 aliphatic heterocycles. The average molecular weight is 705 g/mol. The van der Waals surface area contributed by atoms with Crippen LogP contribution in [0, 0.1) is 19.8 Å². The first-order valence-electron chi connectivity index (χ1n) is 17.0. The van der Waals surface area contributed by atoms with Crippen LogP contribution in [0.4, 0.5) is 26.3 Å². The predicted octanol–water partition coefficient (Wildman–Crippen LogP) is 10.9. The van der Waals surface area contributed by atoms with Crippen LogP contribution in [0.3, 0.4) is 0 Å². The number of benzene rings is 3. The molecular formula is C38H39F6O4P. The van der Waals surface area contributed by atoms with Crippen LogP contribution in [0.2, 0.25) is 0 Å². The van der Waals surface area contributed by atoms with Crippen molar-refractivity contribution >= 4 is 7.82 Å². The topological polar surface area (TPSA) is 55.8 Å². The van der Waals surface area contributed by atoms with Gasteiger partial charge in [0, 0.05) is 17.9 Å². The summed E-state index contributed by atoms with van der Waals surface area (Å²) in [4.78, 5) is 11.3. The van der Waals surface area contributed by atoms with Gasteiger partial charge in [-0.25, -0.2) is 4.57 Å². The molecule has 0 aromatic heterocycles. The molecule has 1 N–H and O–H groups in total. The largest absolute Gasteiger partial charge is 0.527 e. The Labute approximate surface area is 282 Å². The first-order valence-corrected chi connectivity index (χ1v) is 18.5. The molecule has 49 heavy (non-hydrogen) atoms. The minimum Gasteiger partial charge on any atom is -0.403 e. The first kappa shape index (κ1) is 34.4. The van der Waals surface area contributed by atoms with Crippen LogP contribution in [0.15, 0.2) is 53.6 Å². The second-order valence-electron chi connectivity index (χ2n) is 14.3. The van der Waals surface area contributed by atoms with Crippen LogP contribution in [-0.2, 0) is 47.1 Å². The van der Waals surface area contributed by atoms with E-state index in [1.807, 2.05) is 6.07 Å². The van der Waals surface area contributed by atoms with E-state index < -0.39 is 49.2 Å². The number of hydrogen-bond donors (Lipinski definition) is 1. The van der Waals surface area contributed by atoms with Gasteiger partial charge in [-0.1, -0.05) is 40.5 Å². The Morgan fingerprint density at radius 1 is 0.796 bits per heavy atom. The van der Waals surface area contributed by atoms with Crippen LogP contribution in [0.1, 0.15) is 106 Å². The van der Waals surface area contributed by atoms with Crippen molar-refractivity contribution in [3.8, 4) is 5.75 Å². The summed E-state index contributed by atoms with van der Waals surface area (Å²) in [5.41, 5.74) is 6.04. The van der Waals surface area contributed by atoms with Crippen molar-refractivity contribution in [3.05, 3.63) is 109 Å². The van der Waals surface area contributed by atoms with Gasteiger partial charge in [-0.2, -0.15) is 26.3 Å². The molecule has 7 rings (SSSR count). The maximum absolute atomic E-state index is 13.9. The number of hydrogen-bond acceptors (Lipinski definition) is 3. The summed E-state index contributed by atoms with van der Waals surface area (Å²) in [6.07, 6.45) is -2.31. The summed E-state index contributed by atoms with van der Waals surface area (Å²) in [5, 5.41) is 0. The summed E-state index contributed by atoms with van der Waals surface area (Å²) in [5.74, 6) is -0.676. The SMILES string of the molecule is Cc1cc(Cc2cc3c(c4c2OP(=O)(O)O[C@@H]2C(Cc5cc(C)cc(C(F)(F)F)c5)CC5=C(CCCC5)[C@H]42)CCCC3)cc(C(F)(F)F)c1. The molecule has 4 nitrogen and oxygen atoms in total. The molecule has 4 atom stereocenters. The molecule has 0 spiro atoms.